The second-order valence-electron chi connectivity index (χ2n) is 3.58. The normalized spacial score (nSPS) is 20.4. The lowest BCUT2D eigenvalue weighted by molar-refractivity contribution is 0.134. The second-order valence-corrected chi connectivity index (χ2v) is 4.14. The van der Waals surface area contributed by atoms with Gasteiger partial charge in [0.2, 0.25) is 0 Å². The summed E-state index contributed by atoms with van der Waals surface area (Å²) in [4.78, 5) is 3.94. The molecule has 0 radical (unpaired) electrons. The van der Waals surface area contributed by atoms with Crippen LogP contribution in [0.1, 0.15) is 19.3 Å². The van der Waals surface area contributed by atoms with Gasteiger partial charge < -0.3 is 0 Å². The minimum Gasteiger partial charge on any atom is -0.252 e. The average molecular weight is 230 g/mol. The van der Waals surface area contributed by atoms with E-state index in [1.807, 2.05) is 4.68 Å². The summed E-state index contributed by atoms with van der Waals surface area (Å²) in [5.74, 6) is 0. The van der Waals surface area contributed by atoms with E-state index < -0.39 is 0 Å². The number of nitrogens with zero attached hydrogens (tertiary/aromatic N) is 3. The second kappa shape index (κ2) is 3.17. The highest BCUT2D eigenvalue weighted by Gasteiger charge is 2.36. The molecule has 1 aliphatic carbocycles. The zero-order valence-corrected chi connectivity index (χ0v) is 8.50. The zero-order chi connectivity index (χ0) is 8.44. The molecular weight excluding hydrogens is 218 g/mol. The van der Waals surface area contributed by atoms with E-state index in [4.69, 9.17) is 0 Å². The van der Waals surface area contributed by atoms with Gasteiger partial charge in [0.05, 0.1) is 0 Å². The van der Waals surface area contributed by atoms with Crippen molar-refractivity contribution in [2.24, 2.45) is 5.41 Å². The summed E-state index contributed by atoms with van der Waals surface area (Å²) in [5.41, 5.74) is 0.466. The van der Waals surface area contributed by atoms with Gasteiger partial charge in [0.15, 0.2) is 0 Å². The van der Waals surface area contributed by atoms with E-state index in [1.54, 1.807) is 12.7 Å². The summed E-state index contributed by atoms with van der Waals surface area (Å²) < 4.78 is 1.93. The molecule has 0 bridgehead atoms. The smallest absolute Gasteiger partial charge is 0.137 e. The Hall–Kier alpha value is -0.380. The highest BCUT2D eigenvalue weighted by atomic mass is 79.9. The monoisotopic (exact) mass is 229 g/mol. The van der Waals surface area contributed by atoms with E-state index >= 15 is 0 Å². The highest BCUT2D eigenvalue weighted by Crippen LogP contribution is 2.43. The van der Waals surface area contributed by atoms with Gasteiger partial charge in [-0.05, 0) is 18.3 Å². The lowest BCUT2D eigenvalue weighted by Crippen LogP contribution is -2.35. The Labute approximate surface area is 80.3 Å². The quantitative estimate of drug-likeness (QED) is 0.742. The van der Waals surface area contributed by atoms with Crippen LogP contribution >= 0.6 is 15.9 Å². The number of alkyl halides is 1. The van der Waals surface area contributed by atoms with Crippen molar-refractivity contribution in [2.45, 2.75) is 25.8 Å². The van der Waals surface area contributed by atoms with Crippen molar-refractivity contribution >= 4 is 15.9 Å². The fraction of sp³-hybridized carbons (Fsp3) is 0.750. The van der Waals surface area contributed by atoms with Crippen molar-refractivity contribution in [3.05, 3.63) is 12.7 Å². The summed E-state index contributed by atoms with van der Waals surface area (Å²) >= 11 is 3.57. The Balaban J connectivity index is 2.01. The molecule has 0 unspecified atom stereocenters. The molecule has 4 heteroatoms. The Bertz CT molecular complexity index is 235. The summed E-state index contributed by atoms with van der Waals surface area (Å²) in [7, 11) is 0. The number of hydrogen-bond acceptors (Lipinski definition) is 2. The van der Waals surface area contributed by atoms with Gasteiger partial charge in [-0.1, -0.05) is 22.4 Å². The van der Waals surface area contributed by atoms with E-state index in [0.29, 0.717) is 5.41 Å². The Morgan fingerprint density at radius 2 is 2.33 bits per heavy atom. The van der Waals surface area contributed by atoms with Gasteiger partial charge >= 0.3 is 0 Å². The van der Waals surface area contributed by atoms with E-state index in [2.05, 4.69) is 26.0 Å². The van der Waals surface area contributed by atoms with Crippen LogP contribution in [-0.4, -0.2) is 20.1 Å². The third-order valence-corrected chi connectivity index (χ3v) is 3.85. The molecule has 0 atom stereocenters. The lowest BCUT2D eigenvalue weighted by atomic mass is 9.70. The average Bonchev–Trinajstić information content (AvgIpc) is 2.49. The summed E-state index contributed by atoms with van der Waals surface area (Å²) in [6, 6.07) is 0. The molecule has 1 saturated carbocycles. The van der Waals surface area contributed by atoms with Crippen molar-refractivity contribution in [1.82, 2.24) is 14.8 Å². The predicted octanol–water partition coefficient (Wildman–Crippen LogP) is 1.84. The van der Waals surface area contributed by atoms with Gasteiger partial charge in [-0.2, -0.15) is 5.10 Å². The van der Waals surface area contributed by atoms with Crippen LogP contribution in [0.4, 0.5) is 0 Å². The lowest BCUT2D eigenvalue weighted by Gasteiger charge is -2.40. The summed E-state index contributed by atoms with van der Waals surface area (Å²) in [6.45, 7) is 1.01. The topological polar surface area (TPSA) is 30.7 Å². The maximum absolute atomic E-state index is 4.12. The van der Waals surface area contributed by atoms with Crippen LogP contribution in [-0.2, 0) is 6.54 Å². The molecule has 12 heavy (non-hydrogen) atoms. The van der Waals surface area contributed by atoms with Crippen molar-refractivity contribution in [1.29, 1.82) is 0 Å². The summed E-state index contributed by atoms with van der Waals surface area (Å²) in [6.07, 6.45) is 7.39. The van der Waals surface area contributed by atoms with Crippen LogP contribution < -0.4 is 0 Å². The standard InChI is InChI=1S/C8H12BrN3/c9-4-8(2-1-3-8)5-12-7-10-6-11-12/h6-7H,1-5H2. The largest absolute Gasteiger partial charge is 0.252 e. The first-order valence-electron chi connectivity index (χ1n) is 4.23. The Kier molecular flexibility index (Phi) is 2.17. The molecule has 1 fully saturated rings. The van der Waals surface area contributed by atoms with Crippen LogP contribution in [0, 0.1) is 5.41 Å². The van der Waals surface area contributed by atoms with Gasteiger partial charge in [-0.15, -0.1) is 0 Å². The molecule has 0 amide bonds. The van der Waals surface area contributed by atoms with Crippen molar-refractivity contribution < 1.29 is 0 Å². The molecule has 1 aromatic heterocycles. The maximum Gasteiger partial charge on any atom is 0.137 e. The minimum atomic E-state index is 0.466. The van der Waals surface area contributed by atoms with Gasteiger partial charge in [-0.25, -0.2) is 4.98 Å². The Morgan fingerprint density at radius 1 is 1.50 bits per heavy atom. The van der Waals surface area contributed by atoms with Crippen LogP contribution in [0.25, 0.3) is 0 Å². The number of halogens is 1. The van der Waals surface area contributed by atoms with Gasteiger partial charge in [0, 0.05) is 11.9 Å². The van der Waals surface area contributed by atoms with E-state index in [-0.39, 0.29) is 0 Å². The molecular formula is C8H12BrN3. The first-order chi connectivity index (χ1) is 5.85. The molecule has 1 heterocycles. The van der Waals surface area contributed by atoms with Crippen molar-refractivity contribution in [3.8, 4) is 0 Å². The van der Waals surface area contributed by atoms with E-state index in [1.165, 1.54) is 19.3 Å². The Morgan fingerprint density at radius 3 is 2.75 bits per heavy atom. The number of rotatable bonds is 3. The van der Waals surface area contributed by atoms with Crippen LogP contribution in [0.3, 0.4) is 0 Å². The fourth-order valence-corrected chi connectivity index (χ4v) is 2.41. The first-order valence-corrected chi connectivity index (χ1v) is 5.35. The SMILES string of the molecule is BrCC1(Cn2cncn2)CCC1. The van der Waals surface area contributed by atoms with E-state index in [0.717, 1.165) is 11.9 Å². The van der Waals surface area contributed by atoms with Gasteiger partial charge in [-0.3, -0.25) is 4.68 Å². The molecule has 66 valence electrons. The third-order valence-electron chi connectivity index (χ3n) is 2.66. The predicted molar refractivity (Wildman–Crippen MR) is 50.1 cm³/mol. The fourth-order valence-electron chi connectivity index (χ4n) is 1.67. The number of aromatic nitrogens is 3. The molecule has 1 aliphatic rings. The number of hydrogen-bond donors (Lipinski definition) is 0. The molecule has 1 aromatic rings. The molecule has 0 N–H and O–H groups in total. The molecule has 0 saturated heterocycles. The molecule has 2 rings (SSSR count). The molecule has 0 aromatic carbocycles. The summed E-state index contributed by atoms with van der Waals surface area (Å²) in [5, 5.41) is 5.20. The van der Waals surface area contributed by atoms with Crippen LogP contribution in [0.15, 0.2) is 12.7 Å². The van der Waals surface area contributed by atoms with Crippen molar-refractivity contribution in [2.75, 3.05) is 5.33 Å². The molecule has 0 spiro atoms. The van der Waals surface area contributed by atoms with Crippen LogP contribution in [0.5, 0.6) is 0 Å². The van der Waals surface area contributed by atoms with Crippen LogP contribution in [0.2, 0.25) is 0 Å². The first kappa shape index (κ1) is 8.23. The van der Waals surface area contributed by atoms with Gasteiger partial charge in [0.1, 0.15) is 12.7 Å². The zero-order valence-electron chi connectivity index (χ0n) is 6.91. The molecule has 3 nitrogen and oxygen atoms in total. The maximum atomic E-state index is 4.12. The molecule has 0 aliphatic heterocycles. The van der Waals surface area contributed by atoms with Gasteiger partial charge in [0.25, 0.3) is 0 Å². The van der Waals surface area contributed by atoms with E-state index in [9.17, 15) is 0 Å². The highest BCUT2D eigenvalue weighted by molar-refractivity contribution is 9.09. The third kappa shape index (κ3) is 1.40. The minimum absolute atomic E-state index is 0.466. The van der Waals surface area contributed by atoms with Crippen molar-refractivity contribution in [3.63, 3.8) is 0 Å².